The highest BCUT2D eigenvalue weighted by Crippen LogP contribution is 2.14. The second-order valence-electron chi connectivity index (χ2n) is 3.21. The average Bonchev–Trinajstić information content (AvgIpc) is 2.19. The average molecular weight is 195 g/mol. The Labute approximate surface area is 82.3 Å². The minimum Gasteiger partial charge on any atom is -0.472 e. The van der Waals surface area contributed by atoms with E-state index in [0.717, 1.165) is 19.4 Å². The van der Waals surface area contributed by atoms with E-state index in [2.05, 4.69) is 9.97 Å². The summed E-state index contributed by atoms with van der Waals surface area (Å²) in [4.78, 5) is 7.74. The van der Waals surface area contributed by atoms with Gasteiger partial charge in [0.15, 0.2) is 0 Å². The van der Waals surface area contributed by atoms with Gasteiger partial charge in [-0.05, 0) is 12.8 Å². The number of hydrogen-bond donors (Lipinski definition) is 1. The van der Waals surface area contributed by atoms with Gasteiger partial charge in [0.05, 0.1) is 6.61 Å². The zero-order valence-electron chi connectivity index (χ0n) is 7.85. The van der Waals surface area contributed by atoms with Crippen LogP contribution in [-0.4, -0.2) is 29.3 Å². The molecule has 5 nitrogen and oxygen atoms in total. The smallest absolute Gasteiger partial charge is 0.223 e. The highest BCUT2D eigenvalue weighted by atomic mass is 16.5. The summed E-state index contributed by atoms with van der Waals surface area (Å²) in [6.07, 6.45) is 3.72. The number of nitrogen functional groups attached to an aromatic ring is 1. The largest absolute Gasteiger partial charge is 0.472 e. The molecule has 1 fully saturated rings. The van der Waals surface area contributed by atoms with Gasteiger partial charge in [0, 0.05) is 18.9 Å². The van der Waals surface area contributed by atoms with Crippen molar-refractivity contribution in [3.8, 4) is 5.88 Å². The number of hydrogen-bond acceptors (Lipinski definition) is 5. The lowest BCUT2D eigenvalue weighted by molar-refractivity contribution is 0.00551. The first-order valence-corrected chi connectivity index (χ1v) is 4.67. The third-order valence-corrected chi connectivity index (χ3v) is 2.05. The van der Waals surface area contributed by atoms with E-state index < -0.39 is 0 Å². The van der Waals surface area contributed by atoms with E-state index in [1.807, 2.05) is 0 Å². The summed E-state index contributed by atoms with van der Waals surface area (Å²) >= 11 is 0. The molecule has 0 aromatic carbocycles. The molecule has 2 heterocycles. The molecule has 1 aliphatic rings. The lowest BCUT2D eigenvalue weighted by Crippen LogP contribution is -2.28. The third-order valence-electron chi connectivity index (χ3n) is 2.05. The van der Waals surface area contributed by atoms with Crippen molar-refractivity contribution >= 4 is 5.95 Å². The maximum Gasteiger partial charge on any atom is 0.223 e. The summed E-state index contributed by atoms with van der Waals surface area (Å²) in [5, 5.41) is 0. The van der Waals surface area contributed by atoms with Gasteiger partial charge in [0.25, 0.3) is 0 Å². The van der Waals surface area contributed by atoms with E-state index in [-0.39, 0.29) is 12.1 Å². The van der Waals surface area contributed by atoms with Crippen LogP contribution in [0.25, 0.3) is 0 Å². The zero-order valence-corrected chi connectivity index (χ0v) is 7.85. The Morgan fingerprint density at radius 3 is 3.21 bits per heavy atom. The van der Waals surface area contributed by atoms with Gasteiger partial charge in [-0.1, -0.05) is 0 Å². The number of ether oxygens (including phenoxy) is 2. The second kappa shape index (κ2) is 4.23. The molecule has 1 saturated heterocycles. The van der Waals surface area contributed by atoms with Gasteiger partial charge in [-0.2, -0.15) is 4.98 Å². The molecule has 2 N–H and O–H groups in total. The second-order valence-corrected chi connectivity index (χ2v) is 3.21. The van der Waals surface area contributed by atoms with E-state index in [0.29, 0.717) is 12.5 Å². The molecule has 1 atom stereocenters. The van der Waals surface area contributed by atoms with Crippen molar-refractivity contribution < 1.29 is 9.47 Å². The molecular weight excluding hydrogens is 182 g/mol. The molecule has 2 rings (SSSR count). The molecule has 0 unspecified atom stereocenters. The maximum atomic E-state index is 5.58. The van der Waals surface area contributed by atoms with Crippen LogP contribution < -0.4 is 10.5 Å². The first kappa shape index (κ1) is 9.21. The molecule has 0 saturated carbocycles. The van der Waals surface area contributed by atoms with Crippen LogP contribution in [-0.2, 0) is 4.74 Å². The summed E-state index contributed by atoms with van der Waals surface area (Å²) in [7, 11) is 0. The van der Waals surface area contributed by atoms with E-state index in [9.17, 15) is 0 Å². The van der Waals surface area contributed by atoms with Crippen molar-refractivity contribution in [2.24, 2.45) is 0 Å². The monoisotopic (exact) mass is 195 g/mol. The Bertz CT molecular complexity index is 300. The summed E-state index contributed by atoms with van der Waals surface area (Å²) in [5.74, 6) is 0.757. The van der Waals surface area contributed by atoms with Gasteiger partial charge in [-0.15, -0.1) is 0 Å². The van der Waals surface area contributed by atoms with E-state index >= 15 is 0 Å². The molecule has 76 valence electrons. The van der Waals surface area contributed by atoms with Crippen molar-refractivity contribution in [1.82, 2.24) is 9.97 Å². The van der Waals surface area contributed by atoms with Crippen LogP contribution >= 0.6 is 0 Å². The standard InChI is InChI=1S/C9H13N3O2/c10-9-11-4-3-8(12-9)14-7-2-1-5-13-6-7/h3-4,7H,1-2,5-6H2,(H2,10,11,12)/t7-/m1/s1. The van der Waals surface area contributed by atoms with Gasteiger partial charge in [-0.25, -0.2) is 4.98 Å². The summed E-state index contributed by atoms with van der Waals surface area (Å²) in [6.45, 7) is 1.45. The fraction of sp³-hybridized carbons (Fsp3) is 0.556. The van der Waals surface area contributed by atoms with Crippen molar-refractivity contribution in [1.29, 1.82) is 0 Å². The van der Waals surface area contributed by atoms with Crippen molar-refractivity contribution in [3.05, 3.63) is 12.3 Å². The topological polar surface area (TPSA) is 70.3 Å². The molecule has 1 aromatic rings. The quantitative estimate of drug-likeness (QED) is 0.749. The Kier molecular flexibility index (Phi) is 2.78. The molecular formula is C9H13N3O2. The molecule has 1 aromatic heterocycles. The Morgan fingerprint density at radius 1 is 1.57 bits per heavy atom. The van der Waals surface area contributed by atoms with Gasteiger partial charge in [0.1, 0.15) is 6.10 Å². The van der Waals surface area contributed by atoms with E-state index in [1.54, 1.807) is 12.3 Å². The van der Waals surface area contributed by atoms with Gasteiger partial charge in [-0.3, -0.25) is 0 Å². The maximum absolute atomic E-state index is 5.58. The lowest BCUT2D eigenvalue weighted by Gasteiger charge is -2.22. The molecule has 0 spiro atoms. The molecule has 0 bridgehead atoms. The van der Waals surface area contributed by atoms with Crippen LogP contribution in [0.1, 0.15) is 12.8 Å². The Balaban J connectivity index is 1.95. The normalized spacial score (nSPS) is 21.9. The Morgan fingerprint density at radius 2 is 2.50 bits per heavy atom. The number of rotatable bonds is 2. The SMILES string of the molecule is Nc1nccc(O[C@@H]2CCCOC2)n1. The van der Waals surface area contributed by atoms with Gasteiger partial charge in [0.2, 0.25) is 11.8 Å². The molecule has 0 aliphatic carbocycles. The minimum absolute atomic E-state index is 0.0954. The summed E-state index contributed by atoms with van der Waals surface area (Å²) < 4.78 is 10.9. The molecule has 0 amide bonds. The van der Waals surface area contributed by atoms with Crippen LogP contribution in [0.4, 0.5) is 5.95 Å². The minimum atomic E-state index is 0.0954. The first-order chi connectivity index (χ1) is 6.84. The fourth-order valence-corrected chi connectivity index (χ4v) is 1.40. The summed E-state index contributed by atoms with van der Waals surface area (Å²) in [6, 6.07) is 1.70. The predicted molar refractivity (Wildman–Crippen MR) is 50.9 cm³/mol. The Hall–Kier alpha value is -1.36. The molecule has 1 aliphatic heterocycles. The first-order valence-electron chi connectivity index (χ1n) is 4.67. The highest BCUT2D eigenvalue weighted by molar-refractivity contribution is 5.20. The van der Waals surface area contributed by atoms with Gasteiger partial charge < -0.3 is 15.2 Å². The van der Waals surface area contributed by atoms with E-state index in [4.69, 9.17) is 15.2 Å². The van der Waals surface area contributed by atoms with Crippen LogP contribution in [0.3, 0.4) is 0 Å². The van der Waals surface area contributed by atoms with Crippen LogP contribution in [0.5, 0.6) is 5.88 Å². The molecule has 5 heteroatoms. The van der Waals surface area contributed by atoms with Gasteiger partial charge >= 0.3 is 0 Å². The number of nitrogens with two attached hydrogens (primary N) is 1. The zero-order chi connectivity index (χ0) is 9.80. The van der Waals surface area contributed by atoms with Crippen molar-refractivity contribution in [2.45, 2.75) is 18.9 Å². The number of aromatic nitrogens is 2. The summed E-state index contributed by atoms with van der Waals surface area (Å²) in [5.41, 5.74) is 5.43. The van der Waals surface area contributed by atoms with Crippen molar-refractivity contribution in [3.63, 3.8) is 0 Å². The van der Waals surface area contributed by atoms with Crippen LogP contribution in [0, 0.1) is 0 Å². The molecule has 0 radical (unpaired) electrons. The lowest BCUT2D eigenvalue weighted by atomic mass is 10.2. The molecule has 14 heavy (non-hydrogen) atoms. The van der Waals surface area contributed by atoms with Crippen LogP contribution in [0.2, 0.25) is 0 Å². The number of nitrogens with zero attached hydrogens (tertiary/aromatic N) is 2. The third kappa shape index (κ3) is 2.32. The highest BCUT2D eigenvalue weighted by Gasteiger charge is 2.15. The van der Waals surface area contributed by atoms with E-state index in [1.165, 1.54) is 0 Å². The predicted octanol–water partition coefficient (Wildman–Crippen LogP) is 0.617. The van der Waals surface area contributed by atoms with Crippen molar-refractivity contribution in [2.75, 3.05) is 18.9 Å². The van der Waals surface area contributed by atoms with Crippen LogP contribution in [0.15, 0.2) is 12.3 Å². The fourth-order valence-electron chi connectivity index (χ4n) is 1.40. The number of anilines is 1.